The molecule has 0 bridgehead atoms. The smallest absolute Gasteiger partial charge is 0.387 e. The van der Waals surface area contributed by atoms with Crippen LogP contribution >= 0.6 is 0 Å². The molecule has 0 radical (unpaired) electrons. The topological polar surface area (TPSA) is 75.1 Å². The molecule has 0 amide bonds. The van der Waals surface area contributed by atoms with Crippen LogP contribution in [0.5, 0.6) is 5.75 Å². The molecular weight excluding hydrogens is 356 g/mol. The molecule has 0 fully saturated rings. The van der Waals surface area contributed by atoms with Gasteiger partial charge in [0.1, 0.15) is 5.75 Å². The Hall–Kier alpha value is -1.93. The number of methoxy groups -OCH3 is 1. The molecule has 0 spiro atoms. The molecule has 0 aliphatic heterocycles. The summed E-state index contributed by atoms with van der Waals surface area (Å²) in [6.45, 7) is 6.71. The number of aliphatic hydroxyl groups excluding tert-OH is 1. The lowest BCUT2D eigenvalue weighted by Crippen LogP contribution is -2.41. The van der Waals surface area contributed by atoms with Crippen LogP contribution in [-0.4, -0.2) is 50.5 Å². The lowest BCUT2D eigenvalue weighted by atomic mass is 9.89. The zero-order valence-electron chi connectivity index (χ0n) is 16.6. The molecular formula is C19H31F2N3O3. The number of benzene rings is 1. The minimum absolute atomic E-state index is 0.0414. The first-order valence-corrected chi connectivity index (χ1v) is 8.95. The van der Waals surface area contributed by atoms with Crippen LogP contribution < -0.4 is 15.4 Å². The molecule has 0 saturated heterocycles. The van der Waals surface area contributed by atoms with Crippen molar-refractivity contribution in [2.75, 3.05) is 26.7 Å². The van der Waals surface area contributed by atoms with Gasteiger partial charge >= 0.3 is 6.61 Å². The highest BCUT2D eigenvalue weighted by Gasteiger charge is 2.24. The lowest BCUT2D eigenvalue weighted by Gasteiger charge is -2.28. The Kier molecular flexibility index (Phi) is 9.45. The summed E-state index contributed by atoms with van der Waals surface area (Å²) in [5.74, 6) is 0.622. The number of alkyl halides is 2. The van der Waals surface area contributed by atoms with Gasteiger partial charge in [-0.25, -0.2) is 0 Å². The number of hydrogen-bond acceptors (Lipinski definition) is 4. The van der Waals surface area contributed by atoms with Crippen LogP contribution in [0.2, 0.25) is 0 Å². The van der Waals surface area contributed by atoms with Gasteiger partial charge in [0.25, 0.3) is 0 Å². The number of aliphatic hydroxyl groups is 1. The molecule has 0 saturated carbocycles. The van der Waals surface area contributed by atoms with Gasteiger partial charge in [0.2, 0.25) is 0 Å². The minimum Gasteiger partial charge on any atom is -0.435 e. The molecule has 154 valence electrons. The van der Waals surface area contributed by atoms with Crippen molar-refractivity contribution in [2.45, 2.75) is 46.5 Å². The van der Waals surface area contributed by atoms with Crippen molar-refractivity contribution >= 4 is 5.96 Å². The second-order valence-electron chi connectivity index (χ2n) is 7.15. The molecule has 8 heteroatoms. The Morgan fingerprint density at radius 3 is 2.30 bits per heavy atom. The van der Waals surface area contributed by atoms with E-state index in [1.807, 2.05) is 6.92 Å². The monoisotopic (exact) mass is 387 g/mol. The summed E-state index contributed by atoms with van der Waals surface area (Å²) >= 11 is 0. The highest BCUT2D eigenvalue weighted by Crippen LogP contribution is 2.22. The quantitative estimate of drug-likeness (QED) is 0.449. The molecule has 0 aliphatic rings. The van der Waals surface area contributed by atoms with E-state index in [2.05, 4.69) is 41.1 Å². The molecule has 2 unspecified atom stereocenters. The lowest BCUT2D eigenvalue weighted by molar-refractivity contribution is -0.0498. The number of aliphatic imine (C=N–C) groups is 1. The summed E-state index contributed by atoms with van der Waals surface area (Å²) in [5.41, 5.74) is 0.543. The molecule has 1 rings (SSSR count). The van der Waals surface area contributed by atoms with Gasteiger partial charge in [-0.3, -0.25) is 4.99 Å². The van der Waals surface area contributed by atoms with Crippen molar-refractivity contribution in [3.63, 3.8) is 0 Å². The second kappa shape index (κ2) is 11.0. The summed E-state index contributed by atoms with van der Waals surface area (Å²) in [7, 11) is 1.66. The number of hydrogen-bond donors (Lipinski definition) is 3. The fourth-order valence-corrected chi connectivity index (χ4v) is 2.40. The molecule has 0 heterocycles. The summed E-state index contributed by atoms with van der Waals surface area (Å²) in [6.07, 6.45) is -0.865. The fraction of sp³-hybridized carbons (Fsp3) is 0.632. The number of nitrogens with one attached hydrogen (secondary N) is 2. The summed E-state index contributed by atoms with van der Waals surface area (Å²) < 4.78 is 34.2. The average Bonchev–Trinajstić information content (AvgIpc) is 2.58. The zero-order chi connectivity index (χ0) is 20.4. The van der Waals surface area contributed by atoms with E-state index in [9.17, 15) is 13.9 Å². The first-order valence-electron chi connectivity index (χ1n) is 8.95. The third-order valence-electron chi connectivity index (χ3n) is 3.96. The van der Waals surface area contributed by atoms with Gasteiger partial charge in [0.15, 0.2) is 5.96 Å². The first kappa shape index (κ1) is 23.1. The second-order valence-corrected chi connectivity index (χ2v) is 7.15. The van der Waals surface area contributed by atoms with Crippen molar-refractivity contribution in [3.8, 4) is 5.75 Å². The van der Waals surface area contributed by atoms with Crippen LogP contribution in [0.25, 0.3) is 0 Å². The average molecular weight is 387 g/mol. The van der Waals surface area contributed by atoms with Crippen LogP contribution in [0, 0.1) is 5.41 Å². The van der Waals surface area contributed by atoms with Gasteiger partial charge in [0, 0.05) is 20.2 Å². The highest BCUT2D eigenvalue weighted by molar-refractivity contribution is 5.79. The van der Waals surface area contributed by atoms with Crippen LogP contribution in [0.1, 0.15) is 39.4 Å². The molecule has 1 aromatic rings. The van der Waals surface area contributed by atoms with Crippen molar-refractivity contribution in [1.82, 2.24) is 10.6 Å². The maximum atomic E-state index is 12.2. The molecule has 1 aromatic carbocycles. The zero-order valence-corrected chi connectivity index (χ0v) is 16.6. The van der Waals surface area contributed by atoms with Crippen molar-refractivity contribution in [3.05, 3.63) is 29.8 Å². The molecule has 0 aliphatic carbocycles. The Balaban J connectivity index is 2.66. The minimum atomic E-state index is -2.87. The van der Waals surface area contributed by atoms with E-state index in [0.717, 1.165) is 0 Å². The van der Waals surface area contributed by atoms with Gasteiger partial charge in [-0.15, -0.1) is 0 Å². The molecule has 2 atom stereocenters. The first-order chi connectivity index (χ1) is 12.7. The van der Waals surface area contributed by atoms with E-state index >= 15 is 0 Å². The van der Waals surface area contributed by atoms with Crippen molar-refractivity contribution in [1.29, 1.82) is 0 Å². The number of ether oxygens (including phenoxy) is 2. The standard InChI is InChI=1S/C19H31F2N3O3/c1-6-22-18(24-12-16(26-5)19(2,3)4)23-11-15(25)13-7-9-14(10-8-13)27-17(20)21/h7-10,15-17,25H,6,11-12H2,1-5H3,(H2,22,23,24). The van der Waals surface area contributed by atoms with Crippen LogP contribution in [-0.2, 0) is 4.74 Å². The Morgan fingerprint density at radius 1 is 1.19 bits per heavy atom. The number of rotatable bonds is 9. The summed E-state index contributed by atoms with van der Waals surface area (Å²) in [5, 5.41) is 16.5. The summed E-state index contributed by atoms with van der Waals surface area (Å²) in [4.78, 5) is 4.52. The van der Waals surface area contributed by atoms with Crippen LogP contribution in [0.3, 0.4) is 0 Å². The fourth-order valence-electron chi connectivity index (χ4n) is 2.40. The Morgan fingerprint density at radius 2 is 1.81 bits per heavy atom. The van der Waals surface area contributed by atoms with Crippen molar-refractivity contribution < 1.29 is 23.4 Å². The Labute approximate surface area is 160 Å². The predicted molar refractivity (Wildman–Crippen MR) is 102 cm³/mol. The number of guanidine groups is 1. The third-order valence-corrected chi connectivity index (χ3v) is 3.96. The molecule has 0 aromatic heterocycles. The van der Waals surface area contributed by atoms with Gasteiger partial charge < -0.3 is 25.2 Å². The van der Waals surface area contributed by atoms with Crippen molar-refractivity contribution in [2.24, 2.45) is 10.4 Å². The SMILES string of the molecule is CCNC(=NCC(OC)C(C)(C)C)NCC(O)c1ccc(OC(F)F)cc1. The van der Waals surface area contributed by atoms with E-state index in [4.69, 9.17) is 4.74 Å². The largest absolute Gasteiger partial charge is 0.435 e. The normalized spacial score (nSPS) is 14.8. The van der Waals surface area contributed by atoms with Gasteiger partial charge in [-0.05, 0) is 30.0 Å². The van der Waals surface area contributed by atoms with E-state index in [1.165, 1.54) is 12.1 Å². The molecule has 27 heavy (non-hydrogen) atoms. The number of nitrogens with zero attached hydrogens (tertiary/aromatic N) is 1. The predicted octanol–water partition coefficient (Wildman–Crippen LogP) is 2.94. The summed E-state index contributed by atoms with van der Waals surface area (Å²) in [6, 6.07) is 5.90. The highest BCUT2D eigenvalue weighted by atomic mass is 19.3. The van der Waals surface area contributed by atoms with E-state index in [1.54, 1.807) is 19.2 Å². The maximum absolute atomic E-state index is 12.2. The van der Waals surface area contributed by atoms with Gasteiger partial charge in [-0.1, -0.05) is 32.9 Å². The molecule has 6 nitrogen and oxygen atoms in total. The van der Waals surface area contributed by atoms with E-state index < -0.39 is 12.7 Å². The van der Waals surface area contributed by atoms with Crippen LogP contribution in [0.15, 0.2) is 29.3 Å². The van der Waals surface area contributed by atoms with Gasteiger partial charge in [-0.2, -0.15) is 8.78 Å². The van der Waals surface area contributed by atoms with Crippen LogP contribution in [0.4, 0.5) is 8.78 Å². The Bertz CT molecular complexity index is 575. The maximum Gasteiger partial charge on any atom is 0.387 e. The molecule has 3 N–H and O–H groups in total. The number of halogens is 2. The van der Waals surface area contributed by atoms with E-state index in [0.29, 0.717) is 24.6 Å². The van der Waals surface area contributed by atoms with Gasteiger partial charge in [0.05, 0.1) is 18.8 Å². The van der Waals surface area contributed by atoms with E-state index in [-0.39, 0.29) is 23.8 Å². The third kappa shape index (κ3) is 8.53.